The molecule has 2 aromatic rings. The van der Waals surface area contributed by atoms with Gasteiger partial charge in [0.15, 0.2) is 0 Å². The van der Waals surface area contributed by atoms with E-state index in [1.807, 2.05) is 35.0 Å². The van der Waals surface area contributed by atoms with Crippen molar-refractivity contribution in [3.05, 3.63) is 30.5 Å². The molecule has 112 valence electrons. The van der Waals surface area contributed by atoms with Crippen LogP contribution in [-0.2, 0) is 0 Å². The van der Waals surface area contributed by atoms with Crippen molar-refractivity contribution in [2.75, 3.05) is 26.2 Å². The maximum Gasteiger partial charge on any atom is 0.233 e. The SMILES string of the molecule is C.CCN(CC)CCCCOc1cc2ccccn2n1. The third-order valence-corrected chi connectivity index (χ3v) is 3.36. The molecule has 0 aliphatic carbocycles. The minimum atomic E-state index is 0. The summed E-state index contributed by atoms with van der Waals surface area (Å²) in [6.45, 7) is 8.56. The maximum absolute atomic E-state index is 5.69. The zero-order valence-electron chi connectivity index (χ0n) is 11.9. The zero-order chi connectivity index (χ0) is 13.5. The minimum absolute atomic E-state index is 0. The van der Waals surface area contributed by atoms with Crippen molar-refractivity contribution >= 4 is 5.52 Å². The van der Waals surface area contributed by atoms with Gasteiger partial charge >= 0.3 is 0 Å². The summed E-state index contributed by atoms with van der Waals surface area (Å²) in [5.41, 5.74) is 1.07. The fraction of sp³-hybridized carbons (Fsp3) is 0.562. The van der Waals surface area contributed by atoms with Crippen LogP contribution in [0.3, 0.4) is 0 Å². The van der Waals surface area contributed by atoms with Gasteiger partial charge in [-0.25, -0.2) is 4.52 Å². The minimum Gasteiger partial charge on any atom is -0.477 e. The van der Waals surface area contributed by atoms with Gasteiger partial charge in [-0.2, -0.15) is 0 Å². The molecule has 0 atom stereocenters. The molecular formula is C16H27N3O. The number of aromatic nitrogens is 2. The molecule has 4 heteroatoms. The lowest BCUT2D eigenvalue weighted by atomic mass is 10.3. The van der Waals surface area contributed by atoms with Crippen LogP contribution >= 0.6 is 0 Å². The van der Waals surface area contributed by atoms with Crippen LogP contribution < -0.4 is 4.74 Å². The Hall–Kier alpha value is -1.55. The lowest BCUT2D eigenvalue weighted by Gasteiger charge is -2.17. The molecule has 0 amide bonds. The summed E-state index contributed by atoms with van der Waals surface area (Å²) < 4.78 is 7.53. The van der Waals surface area contributed by atoms with Crippen molar-refractivity contribution in [1.82, 2.24) is 14.5 Å². The van der Waals surface area contributed by atoms with Crippen molar-refractivity contribution in [3.63, 3.8) is 0 Å². The molecule has 0 radical (unpaired) electrons. The number of rotatable bonds is 8. The third-order valence-electron chi connectivity index (χ3n) is 3.36. The van der Waals surface area contributed by atoms with Gasteiger partial charge in [-0.05, 0) is 44.6 Å². The van der Waals surface area contributed by atoms with Crippen LogP contribution in [0.15, 0.2) is 30.5 Å². The van der Waals surface area contributed by atoms with Crippen LogP contribution in [0.2, 0.25) is 0 Å². The van der Waals surface area contributed by atoms with E-state index in [-0.39, 0.29) is 7.43 Å². The number of pyridine rings is 1. The Labute approximate surface area is 122 Å². The standard InChI is InChI=1S/C15H23N3O.CH4/c1-3-17(4-2)10-7-8-12-19-15-13-14-9-5-6-11-18(14)16-15;/h5-6,9,11,13H,3-4,7-8,10,12H2,1-2H3;1H4. The fourth-order valence-electron chi connectivity index (χ4n) is 2.14. The van der Waals surface area contributed by atoms with E-state index in [0.717, 1.165) is 38.2 Å². The van der Waals surface area contributed by atoms with Crippen LogP contribution in [0.5, 0.6) is 5.88 Å². The maximum atomic E-state index is 5.69. The number of hydrogen-bond donors (Lipinski definition) is 0. The van der Waals surface area contributed by atoms with E-state index in [2.05, 4.69) is 23.8 Å². The Balaban J connectivity index is 0.00000200. The molecule has 0 fully saturated rings. The summed E-state index contributed by atoms with van der Waals surface area (Å²) in [5, 5.41) is 4.36. The van der Waals surface area contributed by atoms with Gasteiger partial charge in [0, 0.05) is 12.3 Å². The molecule has 0 saturated heterocycles. The largest absolute Gasteiger partial charge is 0.477 e. The van der Waals surface area contributed by atoms with Crippen LogP contribution in [-0.4, -0.2) is 40.8 Å². The van der Waals surface area contributed by atoms with Crippen molar-refractivity contribution in [1.29, 1.82) is 0 Å². The predicted molar refractivity (Wildman–Crippen MR) is 84.4 cm³/mol. The van der Waals surface area contributed by atoms with Gasteiger partial charge in [0.25, 0.3) is 0 Å². The fourth-order valence-corrected chi connectivity index (χ4v) is 2.14. The number of fused-ring (bicyclic) bond motifs is 1. The van der Waals surface area contributed by atoms with E-state index in [1.165, 1.54) is 6.42 Å². The molecule has 0 spiro atoms. The second kappa shape index (κ2) is 8.59. The number of nitrogens with zero attached hydrogens (tertiary/aromatic N) is 3. The number of ether oxygens (including phenoxy) is 1. The molecule has 0 aliphatic heterocycles. The third kappa shape index (κ3) is 4.53. The van der Waals surface area contributed by atoms with Crippen molar-refractivity contribution in [3.8, 4) is 5.88 Å². The molecule has 0 aromatic carbocycles. The summed E-state index contributed by atoms with van der Waals surface area (Å²) in [5.74, 6) is 0.717. The Kier molecular flexibility index (Phi) is 7.09. The highest BCUT2D eigenvalue weighted by molar-refractivity contribution is 5.48. The first-order valence-corrected chi connectivity index (χ1v) is 7.13. The van der Waals surface area contributed by atoms with E-state index in [1.54, 1.807) is 0 Å². The molecule has 2 aromatic heterocycles. The average Bonchev–Trinajstić information content (AvgIpc) is 2.85. The number of hydrogen-bond acceptors (Lipinski definition) is 3. The molecule has 0 unspecified atom stereocenters. The molecule has 0 aliphatic rings. The van der Waals surface area contributed by atoms with Gasteiger partial charge in [0.2, 0.25) is 5.88 Å². The molecular weight excluding hydrogens is 250 g/mol. The van der Waals surface area contributed by atoms with Gasteiger partial charge < -0.3 is 9.64 Å². The Morgan fingerprint density at radius 1 is 1.20 bits per heavy atom. The van der Waals surface area contributed by atoms with Gasteiger partial charge in [-0.3, -0.25) is 0 Å². The monoisotopic (exact) mass is 277 g/mol. The molecule has 2 rings (SSSR count). The van der Waals surface area contributed by atoms with Crippen molar-refractivity contribution in [2.24, 2.45) is 0 Å². The summed E-state index contributed by atoms with van der Waals surface area (Å²) >= 11 is 0. The molecule has 0 saturated carbocycles. The first-order valence-electron chi connectivity index (χ1n) is 7.13. The van der Waals surface area contributed by atoms with Crippen LogP contribution in [0.4, 0.5) is 0 Å². The zero-order valence-corrected chi connectivity index (χ0v) is 11.9. The second-order valence-electron chi connectivity index (χ2n) is 4.64. The first kappa shape index (κ1) is 16.5. The molecule has 0 N–H and O–H groups in total. The van der Waals surface area contributed by atoms with Gasteiger partial charge in [-0.15, -0.1) is 5.10 Å². The van der Waals surface area contributed by atoms with E-state index in [4.69, 9.17) is 4.74 Å². The van der Waals surface area contributed by atoms with E-state index in [9.17, 15) is 0 Å². The number of unbranched alkanes of at least 4 members (excludes halogenated alkanes) is 1. The van der Waals surface area contributed by atoms with E-state index < -0.39 is 0 Å². The summed E-state index contributed by atoms with van der Waals surface area (Å²) in [4.78, 5) is 2.44. The molecule has 0 bridgehead atoms. The molecule has 2 heterocycles. The quantitative estimate of drug-likeness (QED) is 0.692. The van der Waals surface area contributed by atoms with E-state index >= 15 is 0 Å². The topological polar surface area (TPSA) is 29.8 Å². The van der Waals surface area contributed by atoms with Gasteiger partial charge in [0.05, 0.1) is 12.1 Å². The highest BCUT2D eigenvalue weighted by Crippen LogP contribution is 2.12. The molecule has 20 heavy (non-hydrogen) atoms. The van der Waals surface area contributed by atoms with Crippen molar-refractivity contribution < 1.29 is 4.74 Å². The summed E-state index contributed by atoms with van der Waals surface area (Å²) in [6.07, 6.45) is 4.18. The smallest absolute Gasteiger partial charge is 0.233 e. The van der Waals surface area contributed by atoms with Crippen LogP contribution in [0, 0.1) is 0 Å². The normalized spacial score (nSPS) is 10.8. The Morgan fingerprint density at radius 2 is 2.00 bits per heavy atom. The lowest BCUT2D eigenvalue weighted by Crippen LogP contribution is -2.24. The van der Waals surface area contributed by atoms with E-state index in [0.29, 0.717) is 5.88 Å². The van der Waals surface area contributed by atoms with Crippen molar-refractivity contribution in [2.45, 2.75) is 34.1 Å². The highest BCUT2D eigenvalue weighted by atomic mass is 16.5. The molecule has 4 nitrogen and oxygen atoms in total. The lowest BCUT2D eigenvalue weighted by molar-refractivity contribution is 0.261. The van der Waals surface area contributed by atoms with Crippen LogP contribution in [0.1, 0.15) is 34.1 Å². The highest BCUT2D eigenvalue weighted by Gasteiger charge is 2.02. The average molecular weight is 277 g/mol. The van der Waals surface area contributed by atoms with Gasteiger partial charge in [0.1, 0.15) is 0 Å². The Bertz CT molecular complexity index is 458. The van der Waals surface area contributed by atoms with Crippen LogP contribution in [0.25, 0.3) is 5.52 Å². The first-order chi connectivity index (χ1) is 9.33. The predicted octanol–water partition coefficient (Wildman–Crippen LogP) is 3.47. The summed E-state index contributed by atoms with van der Waals surface area (Å²) in [7, 11) is 0. The Morgan fingerprint density at radius 3 is 2.70 bits per heavy atom. The van der Waals surface area contributed by atoms with Gasteiger partial charge in [-0.1, -0.05) is 27.3 Å². The summed E-state index contributed by atoms with van der Waals surface area (Å²) in [6, 6.07) is 7.98. The second-order valence-corrected chi connectivity index (χ2v) is 4.64.